The Kier molecular flexibility index (Phi) is 4.48. The topological polar surface area (TPSA) is 89.3 Å². The maximum atomic E-state index is 11.9. The van der Waals surface area contributed by atoms with Gasteiger partial charge >= 0.3 is 0 Å². The fourth-order valence-corrected chi connectivity index (χ4v) is 1.83. The van der Waals surface area contributed by atoms with Gasteiger partial charge in [0, 0.05) is 12.1 Å². The van der Waals surface area contributed by atoms with Crippen molar-refractivity contribution >= 4 is 15.9 Å². The maximum Gasteiger partial charge on any atom is 0.251 e. The highest BCUT2D eigenvalue weighted by Crippen LogP contribution is 2.10. The Labute approximate surface area is 107 Å². The number of hydrogen-bond donors (Lipinski definition) is 2. The molecule has 1 unspecified atom stereocenters. The van der Waals surface area contributed by atoms with Crippen molar-refractivity contribution in [1.29, 1.82) is 0 Å². The standard InChI is InChI=1S/C12H18N2O3S/c1-8-4-5-11(9(2)6-8)12(15)14-7-10(3)18(13,16)17/h4-6,10H,7H2,1-3H3,(H,14,15)(H2,13,16,17). The van der Waals surface area contributed by atoms with Crippen molar-refractivity contribution < 1.29 is 13.2 Å². The summed E-state index contributed by atoms with van der Waals surface area (Å²) in [5.74, 6) is -0.289. The Morgan fingerprint density at radius 3 is 2.50 bits per heavy atom. The number of amides is 1. The first-order valence-corrected chi connectivity index (χ1v) is 7.20. The van der Waals surface area contributed by atoms with Crippen LogP contribution in [0.15, 0.2) is 18.2 Å². The van der Waals surface area contributed by atoms with Gasteiger partial charge in [0.1, 0.15) is 0 Å². The van der Waals surface area contributed by atoms with Crippen molar-refractivity contribution in [3.63, 3.8) is 0 Å². The first-order chi connectivity index (χ1) is 8.21. The van der Waals surface area contributed by atoms with Gasteiger partial charge in [-0.2, -0.15) is 0 Å². The fourth-order valence-electron chi connectivity index (χ4n) is 1.52. The van der Waals surface area contributed by atoms with Crippen molar-refractivity contribution in [3.8, 4) is 0 Å². The molecular formula is C12H18N2O3S. The van der Waals surface area contributed by atoms with Crippen LogP contribution >= 0.6 is 0 Å². The normalized spacial score (nSPS) is 13.1. The lowest BCUT2D eigenvalue weighted by atomic mass is 10.1. The molecule has 3 N–H and O–H groups in total. The van der Waals surface area contributed by atoms with E-state index in [1.165, 1.54) is 6.92 Å². The zero-order chi connectivity index (χ0) is 13.9. The quantitative estimate of drug-likeness (QED) is 0.844. The van der Waals surface area contributed by atoms with E-state index in [1.807, 2.05) is 26.0 Å². The van der Waals surface area contributed by atoms with Gasteiger partial charge in [-0.1, -0.05) is 17.7 Å². The van der Waals surface area contributed by atoms with Crippen LogP contribution in [-0.4, -0.2) is 26.1 Å². The van der Waals surface area contributed by atoms with Crippen LogP contribution in [0.5, 0.6) is 0 Å². The Morgan fingerprint density at radius 2 is 2.00 bits per heavy atom. The van der Waals surface area contributed by atoms with Gasteiger partial charge in [0.25, 0.3) is 5.91 Å². The van der Waals surface area contributed by atoms with Crippen LogP contribution < -0.4 is 10.5 Å². The summed E-state index contributed by atoms with van der Waals surface area (Å²) in [5, 5.41) is 6.74. The first-order valence-electron chi connectivity index (χ1n) is 5.59. The fraction of sp³-hybridized carbons (Fsp3) is 0.417. The number of nitrogens with one attached hydrogen (secondary N) is 1. The molecule has 0 saturated heterocycles. The van der Waals surface area contributed by atoms with Crippen LogP contribution in [0, 0.1) is 13.8 Å². The summed E-state index contributed by atoms with van der Waals surface area (Å²) >= 11 is 0. The van der Waals surface area contributed by atoms with Gasteiger partial charge in [-0.3, -0.25) is 4.79 Å². The Morgan fingerprint density at radius 1 is 1.39 bits per heavy atom. The van der Waals surface area contributed by atoms with E-state index >= 15 is 0 Å². The van der Waals surface area contributed by atoms with E-state index < -0.39 is 15.3 Å². The molecule has 0 spiro atoms. The molecule has 0 bridgehead atoms. The second-order valence-electron chi connectivity index (χ2n) is 4.43. The number of hydrogen-bond acceptors (Lipinski definition) is 3. The predicted octanol–water partition coefficient (Wildman–Crippen LogP) is 0.710. The second kappa shape index (κ2) is 5.49. The molecule has 0 heterocycles. The zero-order valence-corrected chi connectivity index (χ0v) is 11.5. The van der Waals surface area contributed by atoms with Gasteiger partial charge in [0.15, 0.2) is 0 Å². The van der Waals surface area contributed by atoms with E-state index in [2.05, 4.69) is 5.32 Å². The number of benzene rings is 1. The molecule has 0 aromatic heterocycles. The molecular weight excluding hydrogens is 252 g/mol. The molecule has 1 atom stereocenters. The Hall–Kier alpha value is -1.40. The largest absolute Gasteiger partial charge is 0.351 e. The van der Waals surface area contributed by atoms with Crippen molar-refractivity contribution in [1.82, 2.24) is 5.32 Å². The van der Waals surface area contributed by atoms with Gasteiger partial charge in [-0.05, 0) is 32.4 Å². The number of carbonyl (C=O) groups excluding carboxylic acids is 1. The minimum Gasteiger partial charge on any atom is -0.351 e. The second-order valence-corrected chi connectivity index (χ2v) is 6.41. The number of nitrogens with two attached hydrogens (primary N) is 1. The van der Waals surface area contributed by atoms with Gasteiger partial charge in [0.2, 0.25) is 10.0 Å². The van der Waals surface area contributed by atoms with E-state index in [0.29, 0.717) is 5.56 Å². The molecule has 1 rings (SSSR count). The van der Waals surface area contributed by atoms with Gasteiger partial charge in [0.05, 0.1) is 5.25 Å². The number of sulfonamides is 1. The van der Waals surface area contributed by atoms with Crippen LogP contribution in [0.3, 0.4) is 0 Å². The average Bonchev–Trinajstić information content (AvgIpc) is 2.24. The highest BCUT2D eigenvalue weighted by Gasteiger charge is 2.17. The average molecular weight is 270 g/mol. The van der Waals surface area contributed by atoms with Crippen LogP contribution in [-0.2, 0) is 10.0 Å². The molecule has 1 aromatic carbocycles. The van der Waals surface area contributed by atoms with Gasteiger partial charge < -0.3 is 5.32 Å². The summed E-state index contributed by atoms with van der Waals surface area (Å²) in [6, 6.07) is 5.46. The Balaban J connectivity index is 2.72. The third-order valence-corrected chi connectivity index (χ3v) is 4.03. The van der Waals surface area contributed by atoms with Crippen LogP contribution in [0.4, 0.5) is 0 Å². The minimum atomic E-state index is -3.61. The smallest absolute Gasteiger partial charge is 0.251 e. The molecule has 0 saturated carbocycles. The number of primary sulfonamides is 1. The highest BCUT2D eigenvalue weighted by atomic mass is 32.2. The molecule has 1 aromatic rings. The van der Waals surface area contributed by atoms with E-state index in [9.17, 15) is 13.2 Å². The van der Waals surface area contributed by atoms with Crippen molar-refractivity contribution in [2.45, 2.75) is 26.0 Å². The summed E-state index contributed by atoms with van der Waals surface area (Å²) in [6.07, 6.45) is 0. The molecule has 5 nitrogen and oxygen atoms in total. The Bertz CT molecular complexity index is 552. The molecule has 1 amide bonds. The SMILES string of the molecule is Cc1ccc(C(=O)NCC(C)S(N)(=O)=O)c(C)c1. The van der Waals surface area contributed by atoms with Crippen LogP contribution in [0.2, 0.25) is 0 Å². The van der Waals surface area contributed by atoms with Crippen molar-refractivity contribution in [2.75, 3.05) is 6.54 Å². The zero-order valence-electron chi connectivity index (χ0n) is 10.7. The van der Waals surface area contributed by atoms with E-state index in [-0.39, 0.29) is 12.5 Å². The lowest BCUT2D eigenvalue weighted by Gasteiger charge is -2.12. The van der Waals surface area contributed by atoms with Crippen molar-refractivity contribution in [3.05, 3.63) is 34.9 Å². The van der Waals surface area contributed by atoms with E-state index in [0.717, 1.165) is 11.1 Å². The lowest BCUT2D eigenvalue weighted by Crippen LogP contribution is -2.38. The molecule has 0 fully saturated rings. The summed E-state index contributed by atoms with van der Waals surface area (Å²) < 4.78 is 22.0. The van der Waals surface area contributed by atoms with Crippen LogP contribution in [0.1, 0.15) is 28.4 Å². The number of carbonyl (C=O) groups is 1. The number of aryl methyl sites for hydroxylation is 2. The first kappa shape index (κ1) is 14.7. The summed E-state index contributed by atoms with van der Waals surface area (Å²) in [7, 11) is -3.61. The van der Waals surface area contributed by atoms with Gasteiger partial charge in [-0.25, -0.2) is 13.6 Å². The molecule has 0 aliphatic rings. The van der Waals surface area contributed by atoms with Crippen LogP contribution in [0.25, 0.3) is 0 Å². The molecule has 0 radical (unpaired) electrons. The van der Waals surface area contributed by atoms with Gasteiger partial charge in [-0.15, -0.1) is 0 Å². The minimum absolute atomic E-state index is 0.00494. The highest BCUT2D eigenvalue weighted by molar-refractivity contribution is 7.89. The van der Waals surface area contributed by atoms with E-state index in [4.69, 9.17) is 5.14 Å². The summed E-state index contributed by atoms with van der Waals surface area (Å²) in [6.45, 7) is 5.24. The molecule has 18 heavy (non-hydrogen) atoms. The van der Waals surface area contributed by atoms with Crippen molar-refractivity contribution in [2.24, 2.45) is 5.14 Å². The molecule has 100 valence electrons. The third-order valence-electron chi connectivity index (χ3n) is 2.74. The predicted molar refractivity (Wildman–Crippen MR) is 70.8 cm³/mol. The molecule has 0 aliphatic carbocycles. The summed E-state index contributed by atoms with van der Waals surface area (Å²) in [4.78, 5) is 11.9. The monoisotopic (exact) mass is 270 g/mol. The molecule has 0 aliphatic heterocycles. The number of rotatable bonds is 4. The van der Waals surface area contributed by atoms with E-state index in [1.54, 1.807) is 6.07 Å². The third kappa shape index (κ3) is 3.82. The molecule has 6 heteroatoms. The summed E-state index contributed by atoms with van der Waals surface area (Å²) in [5.41, 5.74) is 2.47. The maximum absolute atomic E-state index is 11.9. The lowest BCUT2D eigenvalue weighted by molar-refractivity contribution is 0.0953.